The van der Waals surface area contributed by atoms with Gasteiger partial charge < -0.3 is 9.64 Å². The quantitative estimate of drug-likeness (QED) is 0.709. The molecule has 2 atom stereocenters. The number of hydrogen-bond donors (Lipinski definition) is 0. The molecule has 3 rings (SSSR count). The largest absolute Gasteiger partial charge is 0.452 e. The van der Waals surface area contributed by atoms with E-state index in [2.05, 4.69) is 0 Å². The average Bonchev–Trinajstić information content (AvgIpc) is 2.64. The van der Waals surface area contributed by atoms with Crippen molar-refractivity contribution < 1.29 is 22.7 Å². The average molecular weight is 414 g/mol. The zero-order valence-electron chi connectivity index (χ0n) is 15.3. The van der Waals surface area contributed by atoms with Crippen molar-refractivity contribution >= 4 is 33.3 Å². The topological polar surface area (TPSA) is 80.7 Å². The number of benzene rings is 1. The summed E-state index contributed by atoms with van der Waals surface area (Å²) in [5.41, 5.74) is -0.0571. The normalized spacial score (nSPS) is 22.8. The first-order valence-corrected chi connectivity index (χ1v) is 11.5. The van der Waals surface area contributed by atoms with Gasteiger partial charge in [0, 0.05) is 19.3 Å². The monoisotopic (exact) mass is 413 g/mol. The molecule has 1 saturated carbocycles. The summed E-state index contributed by atoms with van der Waals surface area (Å²) in [4.78, 5) is 26.5. The van der Waals surface area contributed by atoms with Crippen molar-refractivity contribution in [3.8, 4) is 0 Å². The first-order valence-electron chi connectivity index (χ1n) is 9.20. The summed E-state index contributed by atoms with van der Waals surface area (Å²) in [6.45, 7) is 1.06. The highest BCUT2D eigenvalue weighted by atomic mass is 35.5. The molecule has 1 amide bonds. The molecule has 27 heavy (non-hydrogen) atoms. The van der Waals surface area contributed by atoms with Gasteiger partial charge in [0.25, 0.3) is 5.91 Å². The standard InChI is InChI=1S/C19H24ClNO5S/c1-27(24,25)15-6-7-17(20)16(10-15)19(23)26-12-18(22)21-9-8-13-4-2-3-5-14(13)11-21/h6-7,10,13-14H,2-5,8-9,11-12H2,1H3/t13-,14-/m1/s1. The van der Waals surface area contributed by atoms with E-state index >= 15 is 0 Å². The lowest BCUT2D eigenvalue weighted by molar-refractivity contribution is -0.137. The second kappa shape index (κ2) is 8.19. The van der Waals surface area contributed by atoms with Crippen LogP contribution in [0.2, 0.25) is 5.02 Å². The molecule has 0 spiro atoms. The molecule has 0 radical (unpaired) electrons. The number of rotatable bonds is 4. The predicted molar refractivity (Wildman–Crippen MR) is 101 cm³/mol. The van der Waals surface area contributed by atoms with Gasteiger partial charge in [0.1, 0.15) is 0 Å². The molecule has 2 aliphatic rings. The van der Waals surface area contributed by atoms with Gasteiger partial charge in [0.05, 0.1) is 15.5 Å². The van der Waals surface area contributed by atoms with Crippen LogP contribution in [0, 0.1) is 11.8 Å². The first-order chi connectivity index (χ1) is 12.8. The van der Waals surface area contributed by atoms with Gasteiger partial charge in [-0.15, -0.1) is 0 Å². The number of carbonyl (C=O) groups excluding carboxylic acids is 2. The molecule has 0 aromatic heterocycles. The van der Waals surface area contributed by atoms with Crippen molar-refractivity contribution in [3.05, 3.63) is 28.8 Å². The van der Waals surface area contributed by atoms with Crippen LogP contribution in [0.3, 0.4) is 0 Å². The van der Waals surface area contributed by atoms with Crippen LogP contribution in [-0.4, -0.2) is 51.1 Å². The maximum atomic E-state index is 12.4. The number of sulfone groups is 1. The van der Waals surface area contributed by atoms with Crippen LogP contribution in [0.1, 0.15) is 42.5 Å². The molecule has 1 aliphatic heterocycles. The molecular weight excluding hydrogens is 390 g/mol. The molecule has 0 N–H and O–H groups in total. The molecule has 148 valence electrons. The Morgan fingerprint density at radius 3 is 2.59 bits per heavy atom. The molecule has 8 heteroatoms. The maximum Gasteiger partial charge on any atom is 0.340 e. The van der Waals surface area contributed by atoms with Crippen molar-refractivity contribution in [1.29, 1.82) is 0 Å². The fourth-order valence-electron chi connectivity index (χ4n) is 4.02. The number of esters is 1. The van der Waals surface area contributed by atoms with Gasteiger partial charge in [-0.3, -0.25) is 4.79 Å². The van der Waals surface area contributed by atoms with E-state index in [-0.39, 0.29) is 28.0 Å². The van der Waals surface area contributed by atoms with Crippen molar-refractivity contribution in [3.63, 3.8) is 0 Å². The summed E-state index contributed by atoms with van der Waals surface area (Å²) in [5.74, 6) is 0.241. The third kappa shape index (κ3) is 4.82. The Labute approximate surface area is 164 Å². The Kier molecular flexibility index (Phi) is 6.11. The molecule has 0 unspecified atom stereocenters. The zero-order valence-corrected chi connectivity index (χ0v) is 16.9. The zero-order chi connectivity index (χ0) is 19.6. The van der Waals surface area contributed by atoms with E-state index in [4.69, 9.17) is 16.3 Å². The predicted octanol–water partition coefficient (Wildman–Crippen LogP) is 2.94. The summed E-state index contributed by atoms with van der Waals surface area (Å²) in [6, 6.07) is 3.84. The number of halogens is 1. The van der Waals surface area contributed by atoms with Gasteiger partial charge in [-0.25, -0.2) is 13.2 Å². The lowest BCUT2D eigenvalue weighted by Gasteiger charge is -2.41. The van der Waals surface area contributed by atoms with E-state index in [0.29, 0.717) is 18.4 Å². The number of amides is 1. The highest BCUT2D eigenvalue weighted by Gasteiger charge is 2.33. The molecule has 1 aliphatic carbocycles. The van der Waals surface area contributed by atoms with E-state index < -0.39 is 15.8 Å². The summed E-state index contributed by atoms with van der Waals surface area (Å²) in [5, 5.41) is 0.0860. The summed E-state index contributed by atoms with van der Waals surface area (Å²) < 4.78 is 28.4. The first kappa shape index (κ1) is 20.1. The highest BCUT2D eigenvalue weighted by Crippen LogP contribution is 2.36. The Hall–Kier alpha value is -1.60. The number of likely N-dealkylation sites (tertiary alicyclic amines) is 1. The number of piperidine rings is 1. The van der Waals surface area contributed by atoms with Crippen LogP contribution < -0.4 is 0 Å². The van der Waals surface area contributed by atoms with Gasteiger partial charge in [-0.1, -0.05) is 30.9 Å². The van der Waals surface area contributed by atoms with Gasteiger partial charge in [-0.2, -0.15) is 0 Å². The molecular formula is C19H24ClNO5S. The van der Waals surface area contributed by atoms with Gasteiger partial charge >= 0.3 is 5.97 Å². The number of carbonyl (C=O) groups is 2. The van der Waals surface area contributed by atoms with Crippen LogP contribution in [-0.2, 0) is 19.4 Å². The van der Waals surface area contributed by atoms with E-state index in [1.54, 1.807) is 4.90 Å². The molecule has 0 bridgehead atoms. The molecule has 6 nitrogen and oxygen atoms in total. The van der Waals surface area contributed by atoms with E-state index in [0.717, 1.165) is 25.6 Å². The lowest BCUT2D eigenvalue weighted by atomic mass is 9.75. The summed E-state index contributed by atoms with van der Waals surface area (Å²) >= 11 is 5.99. The van der Waals surface area contributed by atoms with Crippen LogP contribution in [0.4, 0.5) is 0 Å². The minimum atomic E-state index is -3.48. The fourth-order valence-corrected chi connectivity index (χ4v) is 4.86. The third-order valence-corrected chi connectivity index (χ3v) is 7.00. The third-order valence-electron chi connectivity index (χ3n) is 5.56. The highest BCUT2D eigenvalue weighted by molar-refractivity contribution is 7.90. The molecule has 1 heterocycles. The van der Waals surface area contributed by atoms with E-state index in [1.807, 2.05) is 0 Å². The smallest absolute Gasteiger partial charge is 0.340 e. The SMILES string of the molecule is CS(=O)(=O)c1ccc(Cl)c(C(=O)OCC(=O)N2CC[C@H]3CCCC[C@@H]3C2)c1. The van der Waals surface area contributed by atoms with Crippen LogP contribution >= 0.6 is 11.6 Å². The summed E-state index contributed by atoms with van der Waals surface area (Å²) in [7, 11) is -3.48. The number of ether oxygens (including phenoxy) is 1. The van der Waals surface area contributed by atoms with Gasteiger partial charge in [0.15, 0.2) is 16.4 Å². The minimum absolute atomic E-state index is 0.0236. The van der Waals surface area contributed by atoms with Crippen molar-refractivity contribution in [2.75, 3.05) is 26.0 Å². The van der Waals surface area contributed by atoms with Gasteiger partial charge in [-0.05, 0) is 42.9 Å². The second-order valence-electron chi connectivity index (χ2n) is 7.42. The fraction of sp³-hybridized carbons (Fsp3) is 0.579. The van der Waals surface area contributed by atoms with Crippen molar-refractivity contribution in [2.45, 2.75) is 37.0 Å². The molecule has 1 aromatic rings. The van der Waals surface area contributed by atoms with Crippen LogP contribution in [0.5, 0.6) is 0 Å². The maximum absolute atomic E-state index is 12.4. The number of hydrogen-bond acceptors (Lipinski definition) is 5. The summed E-state index contributed by atoms with van der Waals surface area (Å²) in [6.07, 6.45) is 6.95. The van der Waals surface area contributed by atoms with E-state index in [9.17, 15) is 18.0 Å². The van der Waals surface area contributed by atoms with E-state index in [1.165, 1.54) is 37.5 Å². The van der Waals surface area contributed by atoms with Crippen molar-refractivity contribution in [2.24, 2.45) is 11.8 Å². The lowest BCUT2D eigenvalue weighted by Crippen LogP contribution is -2.46. The minimum Gasteiger partial charge on any atom is -0.452 e. The molecule has 1 aromatic carbocycles. The second-order valence-corrected chi connectivity index (χ2v) is 9.85. The number of fused-ring (bicyclic) bond motifs is 1. The molecule has 1 saturated heterocycles. The Morgan fingerprint density at radius 1 is 1.19 bits per heavy atom. The Morgan fingerprint density at radius 2 is 1.89 bits per heavy atom. The van der Waals surface area contributed by atoms with Crippen LogP contribution in [0.15, 0.2) is 23.1 Å². The molecule has 2 fully saturated rings. The number of nitrogens with zero attached hydrogens (tertiary/aromatic N) is 1. The Balaban J connectivity index is 1.60. The van der Waals surface area contributed by atoms with Gasteiger partial charge in [0.2, 0.25) is 0 Å². The van der Waals surface area contributed by atoms with Crippen LogP contribution in [0.25, 0.3) is 0 Å². The van der Waals surface area contributed by atoms with Crippen molar-refractivity contribution in [1.82, 2.24) is 4.90 Å². The Bertz CT molecular complexity index is 839.